The lowest BCUT2D eigenvalue weighted by Gasteiger charge is -2.28. The zero-order valence-corrected chi connectivity index (χ0v) is 17.4. The van der Waals surface area contributed by atoms with E-state index in [0.29, 0.717) is 0 Å². The summed E-state index contributed by atoms with van der Waals surface area (Å²) in [4.78, 5) is 13.6. The van der Waals surface area contributed by atoms with Gasteiger partial charge >= 0.3 is 0 Å². The second-order valence-electron chi connectivity index (χ2n) is 7.34. The molecule has 0 aliphatic heterocycles. The van der Waals surface area contributed by atoms with E-state index in [1.54, 1.807) is 18.3 Å². The maximum Gasteiger partial charge on any atom is 0.235 e. The van der Waals surface area contributed by atoms with Crippen LogP contribution < -0.4 is 10.6 Å². The molecule has 1 heterocycles. The summed E-state index contributed by atoms with van der Waals surface area (Å²) in [6, 6.07) is 14.9. The molecule has 0 saturated heterocycles. The number of carbonyl (C=O) groups excluding carboxylic acids is 1. The molecule has 0 bridgehead atoms. The Balaban J connectivity index is 2.10. The van der Waals surface area contributed by atoms with Crippen LogP contribution in [0.4, 0.5) is 0 Å². The maximum atomic E-state index is 12.4. The average molecular weight is 384 g/mol. The first-order chi connectivity index (χ1) is 12.9. The summed E-state index contributed by atoms with van der Waals surface area (Å²) in [6.07, 6.45) is 2.20. The van der Waals surface area contributed by atoms with Crippen LogP contribution in [0.15, 0.2) is 41.8 Å². The summed E-state index contributed by atoms with van der Waals surface area (Å²) in [7, 11) is 0. The number of amides is 1. The Morgan fingerprint density at radius 3 is 2.48 bits per heavy atom. The first kappa shape index (κ1) is 21.1. The Bertz CT molecular complexity index is 762. The molecule has 0 spiro atoms. The van der Waals surface area contributed by atoms with Crippen molar-refractivity contribution in [1.82, 2.24) is 10.6 Å². The molecule has 2 rings (SSSR count). The first-order valence-electron chi connectivity index (χ1n) is 9.47. The summed E-state index contributed by atoms with van der Waals surface area (Å²) in [5.41, 5.74) is 1.60. The summed E-state index contributed by atoms with van der Waals surface area (Å²) >= 11 is 1.67. The minimum Gasteiger partial charge on any atom is -0.337 e. The van der Waals surface area contributed by atoms with Gasteiger partial charge in [0.15, 0.2) is 0 Å². The van der Waals surface area contributed by atoms with E-state index in [1.807, 2.05) is 25.3 Å². The summed E-state index contributed by atoms with van der Waals surface area (Å²) in [5.74, 6) is -0.137. The summed E-state index contributed by atoms with van der Waals surface area (Å²) in [6.45, 7) is 7.96. The maximum absolute atomic E-state index is 12.4. The van der Waals surface area contributed by atoms with E-state index in [2.05, 4.69) is 54.0 Å². The highest BCUT2D eigenvalue weighted by Gasteiger charge is 2.30. The number of hydrogen-bond donors (Lipinski definition) is 2. The van der Waals surface area contributed by atoms with Gasteiger partial charge in [0.25, 0.3) is 0 Å². The van der Waals surface area contributed by atoms with Gasteiger partial charge in [-0.2, -0.15) is 5.26 Å². The largest absolute Gasteiger partial charge is 0.337 e. The summed E-state index contributed by atoms with van der Waals surface area (Å²) in [5, 5.41) is 17.7. The molecule has 2 N–H and O–H groups in total. The lowest BCUT2D eigenvalue weighted by Crippen LogP contribution is -2.51. The number of nitrogens with one attached hydrogen (secondary N) is 2. The molecule has 5 heteroatoms. The fourth-order valence-electron chi connectivity index (χ4n) is 2.83. The predicted molar refractivity (Wildman–Crippen MR) is 112 cm³/mol. The van der Waals surface area contributed by atoms with Crippen LogP contribution in [0.2, 0.25) is 0 Å². The first-order valence-corrected chi connectivity index (χ1v) is 10.4. The van der Waals surface area contributed by atoms with Crippen LogP contribution in [-0.2, 0) is 11.2 Å². The Morgan fingerprint density at radius 2 is 1.96 bits per heavy atom. The third-order valence-corrected chi connectivity index (χ3v) is 5.87. The van der Waals surface area contributed by atoms with Crippen LogP contribution in [0.3, 0.4) is 0 Å². The fourth-order valence-corrected chi connectivity index (χ4v) is 3.66. The number of benzene rings is 1. The lowest BCUT2D eigenvalue weighted by atomic mass is 9.90. The van der Waals surface area contributed by atoms with Gasteiger partial charge < -0.3 is 5.32 Å². The third kappa shape index (κ3) is 5.66. The number of thiophene rings is 1. The minimum absolute atomic E-state index is 0.0330. The molecule has 0 radical (unpaired) electrons. The van der Waals surface area contributed by atoms with E-state index in [1.165, 1.54) is 5.56 Å². The van der Waals surface area contributed by atoms with E-state index in [9.17, 15) is 10.1 Å². The topological polar surface area (TPSA) is 64.9 Å². The van der Waals surface area contributed by atoms with E-state index < -0.39 is 5.54 Å². The van der Waals surface area contributed by atoms with Gasteiger partial charge in [-0.1, -0.05) is 57.5 Å². The van der Waals surface area contributed by atoms with Crippen LogP contribution in [0, 0.1) is 17.2 Å². The van der Waals surface area contributed by atoms with Crippen molar-refractivity contribution < 1.29 is 4.79 Å². The number of carbonyl (C=O) groups is 1. The van der Waals surface area contributed by atoms with Crippen molar-refractivity contribution in [1.29, 1.82) is 5.26 Å². The fraction of sp³-hybridized carbons (Fsp3) is 0.455. The quantitative estimate of drug-likeness (QED) is 0.673. The predicted octanol–water partition coefficient (Wildman–Crippen LogP) is 4.43. The molecule has 0 aliphatic carbocycles. The second kappa shape index (κ2) is 9.68. The molecule has 2 aromatic rings. The minimum atomic E-state index is -0.862. The van der Waals surface area contributed by atoms with Crippen molar-refractivity contribution in [2.45, 2.75) is 52.1 Å². The molecule has 0 unspecified atom stereocenters. The van der Waals surface area contributed by atoms with Gasteiger partial charge in [0.05, 0.1) is 18.7 Å². The zero-order chi connectivity index (χ0) is 19.9. The standard InChI is InChI=1S/C22H29N3OS/c1-5-7-17-9-11-18(12-10-17)21(19-8-6-13-27-19)24-14-20(26)25-22(4,15-23)16(2)3/h6,8-13,16,21,24H,5,7,14H2,1-4H3,(H,25,26)/t21-,22-/m1/s1. The van der Waals surface area contributed by atoms with E-state index >= 15 is 0 Å². The molecule has 27 heavy (non-hydrogen) atoms. The van der Waals surface area contributed by atoms with Crippen molar-refractivity contribution in [3.05, 3.63) is 57.8 Å². The zero-order valence-electron chi connectivity index (χ0n) is 16.6. The van der Waals surface area contributed by atoms with Crippen LogP contribution >= 0.6 is 11.3 Å². The molecule has 0 saturated carbocycles. The molecule has 1 aromatic carbocycles. The molecular formula is C22H29N3OS. The molecule has 0 aliphatic rings. The highest BCUT2D eigenvalue weighted by Crippen LogP contribution is 2.26. The van der Waals surface area contributed by atoms with Crippen molar-refractivity contribution >= 4 is 17.2 Å². The number of nitrogens with zero attached hydrogens (tertiary/aromatic N) is 1. The van der Waals surface area contributed by atoms with Gasteiger partial charge in [0, 0.05) is 4.88 Å². The molecule has 144 valence electrons. The smallest absolute Gasteiger partial charge is 0.235 e. The van der Waals surface area contributed by atoms with Gasteiger partial charge in [0.2, 0.25) is 5.91 Å². The number of rotatable bonds is 9. The molecule has 4 nitrogen and oxygen atoms in total. The molecule has 0 fully saturated rings. The van der Waals surface area contributed by atoms with Crippen LogP contribution in [-0.4, -0.2) is 18.0 Å². The highest BCUT2D eigenvalue weighted by molar-refractivity contribution is 7.10. The van der Waals surface area contributed by atoms with Gasteiger partial charge in [-0.15, -0.1) is 11.3 Å². The van der Waals surface area contributed by atoms with Crippen LogP contribution in [0.25, 0.3) is 0 Å². The average Bonchev–Trinajstić information content (AvgIpc) is 3.17. The van der Waals surface area contributed by atoms with E-state index in [0.717, 1.165) is 23.3 Å². The molecule has 2 atom stereocenters. The highest BCUT2D eigenvalue weighted by atomic mass is 32.1. The van der Waals surface area contributed by atoms with Crippen molar-refractivity contribution in [2.24, 2.45) is 5.92 Å². The van der Waals surface area contributed by atoms with Crippen LogP contribution in [0.5, 0.6) is 0 Å². The van der Waals surface area contributed by atoms with Crippen molar-refractivity contribution in [2.75, 3.05) is 6.54 Å². The Morgan fingerprint density at radius 1 is 1.26 bits per heavy atom. The second-order valence-corrected chi connectivity index (χ2v) is 8.32. The summed E-state index contributed by atoms with van der Waals surface area (Å²) < 4.78 is 0. The third-order valence-electron chi connectivity index (χ3n) is 4.93. The van der Waals surface area contributed by atoms with E-state index in [4.69, 9.17) is 0 Å². The SMILES string of the molecule is CCCc1ccc([C@@H](NCC(=O)N[C@](C)(C#N)C(C)C)c2cccs2)cc1. The van der Waals surface area contributed by atoms with Gasteiger partial charge in [-0.3, -0.25) is 10.1 Å². The van der Waals surface area contributed by atoms with Crippen LogP contribution in [0.1, 0.15) is 56.2 Å². The van der Waals surface area contributed by atoms with Crippen molar-refractivity contribution in [3.8, 4) is 6.07 Å². The number of aryl methyl sites for hydroxylation is 1. The molecule has 1 aromatic heterocycles. The Hall–Kier alpha value is -2.16. The number of hydrogen-bond acceptors (Lipinski definition) is 4. The normalized spacial score (nSPS) is 14.4. The Kier molecular flexibility index (Phi) is 7.58. The van der Waals surface area contributed by atoms with Gasteiger partial charge in [-0.05, 0) is 41.8 Å². The molecule has 1 amide bonds. The Labute approximate surface area is 166 Å². The molecular weight excluding hydrogens is 354 g/mol. The van der Waals surface area contributed by atoms with Gasteiger partial charge in [-0.25, -0.2) is 0 Å². The van der Waals surface area contributed by atoms with Crippen molar-refractivity contribution in [3.63, 3.8) is 0 Å². The van der Waals surface area contributed by atoms with E-state index in [-0.39, 0.29) is 24.4 Å². The van der Waals surface area contributed by atoms with Gasteiger partial charge in [0.1, 0.15) is 5.54 Å². The number of nitriles is 1. The lowest BCUT2D eigenvalue weighted by molar-refractivity contribution is -0.121. The monoisotopic (exact) mass is 383 g/mol.